The summed E-state index contributed by atoms with van der Waals surface area (Å²) in [5.41, 5.74) is 0.853. The van der Waals surface area contributed by atoms with Gasteiger partial charge in [-0.2, -0.15) is 8.42 Å². The van der Waals surface area contributed by atoms with E-state index in [0.29, 0.717) is 0 Å². The summed E-state index contributed by atoms with van der Waals surface area (Å²) in [6, 6.07) is 9.12. The van der Waals surface area contributed by atoms with Gasteiger partial charge in [-0.05, 0) is 6.07 Å². The van der Waals surface area contributed by atoms with E-state index >= 15 is 0 Å². The smallest absolute Gasteiger partial charge is 0.307 e. The van der Waals surface area contributed by atoms with Crippen LogP contribution in [0.4, 0.5) is 0 Å². The molecule has 0 bridgehead atoms. The van der Waals surface area contributed by atoms with Crippen molar-refractivity contribution in [1.82, 2.24) is 4.98 Å². The summed E-state index contributed by atoms with van der Waals surface area (Å²) in [6.07, 6.45) is 1.01. The van der Waals surface area contributed by atoms with Crippen molar-refractivity contribution in [3.8, 4) is 5.88 Å². The highest BCUT2D eigenvalue weighted by Gasteiger charge is 2.06. The summed E-state index contributed by atoms with van der Waals surface area (Å²) in [4.78, 5) is 2.85. The predicted octanol–water partition coefficient (Wildman–Crippen LogP) is 1.51. The number of nitrogens with one attached hydrogen (secondary N) is 1. The molecule has 0 fully saturated rings. The van der Waals surface area contributed by atoms with E-state index in [0.717, 1.165) is 17.2 Å². The molecule has 74 valence electrons. The Labute approximate surface area is 81.6 Å². The molecule has 0 radical (unpaired) electrons. The van der Waals surface area contributed by atoms with Crippen LogP contribution in [0, 0.1) is 0 Å². The maximum absolute atomic E-state index is 10.8. The van der Waals surface area contributed by atoms with Crippen LogP contribution >= 0.6 is 0 Å². The molecule has 0 saturated carbocycles. The van der Waals surface area contributed by atoms with Crippen molar-refractivity contribution in [2.75, 3.05) is 6.26 Å². The van der Waals surface area contributed by atoms with E-state index < -0.39 is 10.1 Å². The Morgan fingerprint density at radius 3 is 2.64 bits per heavy atom. The molecule has 0 aliphatic carbocycles. The number of rotatable bonds is 2. The van der Waals surface area contributed by atoms with Crippen molar-refractivity contribution in [2.24, 2.45) is 0 Å². The first-order valence-electron chi connectivity index (χ1n) is 4.02. The summed E-state index contributed by atoms with van der Waals surface area (Å²) in [6.45, 7) is 0. The average Bonchev–Trinajstić information content (AvgIpc) is 2.42. The highest BCUT2D eigenvalue weighted by atomic mass is 32.2. The predicted molar refractivity (Wildman–Crippen MR) is 53.8 cm³/mol. The number of H-pyrrole nitrogens is 1. The fraction of sp³-hybridized carbons (Fsp3) is 0.111. The molecule has 0 amide bonds. The van der Waals surface area contributed by atoms with E-state index in [1.165, 1.54) is 0 Å². The number of aromatic amines is 1. The molecule has 5 heteroatoms. The van der Waals surface area contributed by atoms with Gasteiger partial charge in [0.1, 0.15) is 0 Å². The third-order valence-electron chi connectivity index (χ3n) is 1.75. The van der Waals surface area contributed by atoms with Crippen LogP contribution < -0.4 is 4.18 Å². The Morgan fingerprint density at radius 1 is 1.29 bits per heavy atom. The van der Waals surface area contributed by atoms with Gasteiger partial charge in [0.05, 0.1) is 6.26 Å². The first kappa shape index (κ1) is 9.08. The fourth-order valence-electron chi connectivity index (χ4n) is 1.25. The zero-order valence-electron chi connectivity index (χ0n) is 7.52. The van der Waals surface area contributed by atoms with Gasteiger partial charge in [-0.15, -0.1) is 0 Å². The Morgan fingerprint density at radius 2 is 2.00 bits per heavy atom. The van der Waals surface area contributed by atoms with Crippen LogP contribution in [0.2, 0.25) is 0 Å². The number of hydrogen-bond acceptors (Lipinski definition) is 3. The van der Waals surface area contributed by atoms with Crippen LogP contribution in [-0.2, 0) is 10.1 Å². The molecule has 0 aliphatic heterocycles. The molecule has 1 heterocycles. The summed E-state index contributed by atoms with van der Waals surface area (Å²) < 4.78 is 26.4. The number of aromatic nitrogens is 1. The van der Waals surface area contributed by atoms with Crippen LogP contribution in [0.5, 0.6) is 5.88 Å². The van der Waals surface area contributed by atoms with Crippen molar-refractivity contribution in [1.29, 1.82) is 0 Å². The highest BCUT2D eigenvalue weighted by Crippen LogP contribution is 2.20. The van der Waals surface area contributed by atoms with E-state index in [-0.39, 0.29) is 5.88 Å². The second-order valence-electron chi connectivity index (χ2n) is 3.01. The van der Waals surface area contributed by atoms with Gasteiger partial charge < -0.3 is 9.17 Å². The van der Waals surface area contributed by atoms with Gasteiger partial charge >= 0.3 is 10.1 Å². The molecule has 0 aliphatic rings. The number of hydrogen-bond donors (Lipinski definition) is 1. The first-order valence-corrected chi connectivity index (χ1v) is 5.83. The normalized spacial score (nSPS) is 11.8. The lowest BCUT2D eigenvalue weighted by molar-refractivity contribution is 0.485. The topological polar surface area (TPSA) is 59.2 Å². The van der Waals surface area contributed by atoms with E-state index in [2.05, 4.69) is 4.98 Å². The molecular weight excluding hydrogens is 202 g/mol. The Bertz CT molecular complexity index is 523. The van der Waals surface area contributed by atoms with Crippen molar-refractivity contribution in [3.63, 3.8) is 0 Å². The molecule has 0 saturated heterocycles. The van der Waals surface area contributed by atoms with Gasteiger partial charge in [-0.1, -0.05) is 18.2 Å². The van der Waals surface area contributed by atoms with Crippen LogP contribution in [0.25, 0.3) is 10.9 Å². The first-order chi connectivity index (χ1) is 6.54. The second kappa shape index (κ2) is 3.02. The van der Waals surface area contributed by atoms with Crippen LogP contribution in [0.15, 0.2) is 30.3 Å². The third kappa shape index (κ3) is 1.88. The lowest BCUT2D eigenvalue weighted by atomic mass is 10.3. The largest absolute Gasteiger partial charge is 0.364 e. The van der Waals surface area contributed by atoms with Gasteiger partial charge in [0.2, 0.25) is 5.88 Å². The van der Waals surface area contributed by atoms with Crippen molar-refractivity contribution >= 4 is 21.0 Å². The monoisotopic (exact) mass is 211 g/mol. The van der Waals surface area contributed by atoms with Crippen molar-refractivity contribution in [2.45, 2.75) is 0 Å². The van der Waals surface area contributed by atoms with E-state index in [1.807, 2.05) is 24.3 Å². The van der Waals surface area contributed by atoms with E-state index in [4.69, 9.17) is 4.18 Å². The Kier molecular flexibility index (Phi) is 1.96. The minimum atomic E-state index is -3.46. The van der Waals surface area contributed by atoms with E-state index in [9.17, 15) is 8.42 Å². The molecule has 0 atom stereocenters. The molecule has 2 rings (SSSR count). The van der Waals surface area contributed by atoms with E-state index in [1.54, 1.807) is 6.07 Å². The summed E-state index contributed by atoms with van der Waals surface area (Å²) in [7, 11) is -3.46. The maximum atomic E-state index is 10.8. The van der Waals surface area contributed by atoms with Gasteiger partial charge in [0.15, 0.2) is 0 Å². The Hall–Kier alpha value is -1.49. The zero-order valence-corrected chi connectivity index (χ0v) is 8.34. The van der Waals surface area contributed by atoms with Crippen LogP contribution in [0.1, 0.15) is 0 Å². The average molecular weight is 211 g/mol. The molecule has 0 unspecified atom stereocenters. The lowest BCUT2D eigenvalue weighted by Crippen LogP contribution is -2.05. The molecule has 2 aromatic rings. The van der Waals surface area contributed by atoms with Crippen molar-refractivity contribution in [3.05, 3.63) is 30.3 Å². The lowest BCUT2D eigenvalue weighted by Gasteiger charge is -1.96. The SMILES string of the molecule is CS(=O)(=O)Oc1cc2ccccc2[nH]1. The molecule has 0 spiro atoms. The quantitative estimate of drug-likeness (QED) is 0.766. The summed E-state index contributed by atoms with van der Waals surface area (Å²) in [5.74, 6) is 0.244. The van der Waals surface area contributed by atoms with Crippen LogP contribution in [0.3, 0.4) is 0 Å². The van der Waals surface area contributed by atoms with Gasteiger partial charge in [-0.3, -0.25) is 0 Å². The number of benzene rings is 1. The molecule has 1 aromatic heterocycles. The summed E-state index contributed by atoms with van der Waals surface area (Å²) >= 11 is 0. The molecule has 1 N–H and O–H groups in total. The third-order valence-corrected chi connectivity index (χ3v) is 2.23. The van der Waals surface area contributed by atoms with Gasteiger partial charge in [0, 0.05) is 17.0 Å². The highest BCUT2D eigenvalue weighted by molar-refractivity contribution is 7.86. The maximum Gasteiger partial charge on any atom is 0.307 e. The number of para-hydroxylation sites is 1. The Balaban J connectivity index is 2.46. The minimum absolute atomic E-state index is 0.244. The van der Waals surface area contributed by atoms with Gasteiger partial charge in [-0.25, -0.2) is 0 Å². The molecule has 1 aromatic carbocycles. The standard InChI is InChI=1S/C9H9NO3S/c1-14(11,12)13-9-6-7-4-2-3-5-8(7)10-9/h2-6,10H,1H3. The van der Waals surface area contributed by atoms with Gasteiger partial charge in [0.25, 0.3) is 0 Å². The van der Waals surface area contributed by atoms with Crippen LogP contribution in [-0.4, -0.2) is 19.7 Å². The molecular formula is C9H9NO3S. The molecule has 14 heavy (non-hydrogen) atoms. The summed E-state index contributed by atoms with van der Waals surface area (Å²) in [5, 5.41) is 0.922. The second-order valence-corrected chi connectivity index (χ2v) is 4.58. The minimum Gasteiger partial charge on any atom is -0.364 e. The molecule has 4 nitrogen and oxygen atoms in total. The fourth-order valence-corrected chi connectivity index (χ4v) is 1.67. The van der Waals surface area contributed by atoms with Crippen molar-refractivity contribution < 1.29 is 12.6 Å². The zero-order chi connectivity index (χ0) is 10.2. The number of fused-ring (bicyclic) bond motifs is 1.